The minimum atomic E-state index is -0.431. The first kappa shape index (κ1) is 18.5. The summed E-state index contributed by atoms with van der Waals surface area (Å²) in [5.41, 5.74) is 1.83. The van der Waals surface area contributed by atoms with Crippen LogP contribution in [0.1, 0.15) is 49.0 Å². The number of aryl methyl sites for hydroxylation is 1. The number of hydrogen-bond acceptors (Lipinski definition) is 3. The zero-order valence-corrected chi connectivity index (χ0v) is 15.2. The topological polar surface area (TPSA) is 55.4 Å². The number of anilines is 1. The van der Waals surface area contributed by atoms with E-state index in [4.69, 9.17) is 4.74 Å². The lowest BCUT2D eigenvalue weighted by Crippen LogP contribution is -2.60. The molecule has 0 aliphatic carbocycles. The number of carbonyl (C=O) groups is 2. The molecular weight excluding hydrogens is 304 g/mol. The van der Waals surface area contributed by atoms with E-state index in [0.29, 0.717) is 11.3 Å². The molecule has 1 aromatic carbocycles. The van der Waals surface area contributed by atoms with Crippen LogP contribution < -0.4 is 5.32 Å². The van der Waals surface area contributed by atoms with Crippen molar-refractivity contribution in [3.63, 3.8) is 0 Å². The van der Waals surface area contributed by atoms with E-state index in [-0.39, 0.29) is 11.9 Å². The number of carbonyl (C=O) groups excluding carboxylic acids is 2. The molecule has 1 aliphatic heterocycles. The van der Waals surface area contributed by atoms with Crippen molar-refractivity contribution in [1.29, 1.82) is 0 Å². The fourth-order valence-electron chi connectivity index (χ4n) is 3.71. The van der Waals surface area contributed by atoms with Gasteiger partial charge in [0.2, 0.25) is 0 Å². The summed E-state index contributed by atoms with van der Waals surface area (Å²) in [7, 11) is 1.35. The first-order valence-corrected chi connectivity index (χ1v) is 8.79. The maximum absolute atomic E-state index is 12.9. The Morgan fingerprint density at radius 3 is 2.50 bits per heavy atom. The van der Waals surface area contributed by atoms with Crippen LogP contribution in [0.15, 0.2) is 18.2 Å². The Kier molecular flexibility index (Phi) is 5.99. The number of nitrogens with one attached hydrogen (secondary N) is 1. The summed E-state index contributed by atoms with van der Waals surface area (Å²) >= 11 is 0. The van der Waals surface area contributed by atoms with E-state index in [9.17, 15) is 9.59 Å². The number of para-hydroxylation sites is 1. The Morgan fingerprint density at radius 1 is 1.25 bits per heavy atom. The normalized spacial score (nSPS) is 17.8. The summed E-state index contributed by atoms with van der Waals surface area (Å²) in [6.07, 6.45) is 3.59. The van der Waals surface area contributed by atoms with E-state index in [2.05, 4.69) is 12.2 Å². The van der Waals surface area contributed by atoms with Gasteiger partial charge in [0.1, 0.15) is 0 Å². The number of rotatable bonds is 5. The highest BCUT2D eigenvalue weighted by Crippen LogP contribution is 2.26. The van der Waals surface area contributed by atoms with Crippen molar-refractivity contribution in [1.82, 2.24) is 0 Å². The smallest absolute Gasteiger partial charge is 0.339 e. The van der Waals surface area contributed by atoms with Gasteiger partial charge in [0.15, 0.2) is 6.04 Å². The lowest BCUT2D eigenvalue weighted by atomic mass is 10.0. The molecule has 2 rings (SSSR count). The SMILES string of the molecule is CC[N+]1(C(C)C(=O)Nc2c(C)cccc2C(=O)OC)CCCCC1. The predicted octanol–water partition coefficient (Wildman–Crippen LogP) is 3.13. The highest BCUT2D eigenvalue weighted by Gasteiger charge is 2.38. The van der Waals surface area contributed by atoms with Crippen LogP contribution in [0.2, 0.25) is 0 Å². The zero-order chi connectivity index (χ0) is 17.7. The molecule has 1 aromatic rings. The number of ether oxygens (including phenoxy) is 1. The Bertz CT molecular complexity index is 607. The summed E-state index contributed by atoms with van der Waals surface area (Å²) in [5.74, 6) is -0.461. The summed E-state index contributed by atoms with van der Waals surface area (Å²) in [4.78, 5) is 24.9. The monoisotopic (exact) mass is 333 g/mol. The molecule has 1 heterocycles. The molecule has 1 N–H and O–H groups in total. The van der Waals surface area contributed by atoms with Gasteiger partial charge in [0.25, 0.3) is 5.91 Å². The van der Waals surface area contributed by atoms with Gasteiger partial charge >= 0.3 is 5.97 Å². The van der Waals surface area contributed by atoms with Crippen LogP contribution in [0, 0.1) is 6.92 Å². The van der Waals surface area contributed by atoms with E-state index in [0.717, 1.165) is 29.7 Å². The number of likely N-dealkylation sites (N-methyl/N-ethyl adjacent to an activating group) is 1. The summed E-state index contributed by atoms with van der Waals surface area (Å²) in [5, 5.41) is 2.99. The average molecular weight is 333 g/mol. The fourth-order valence-corrected chi connectivity index (χ4v) is 3.71. The number of quaternary nitrogens is 1. The molecule has 0 spiro atoms. The van der Waals surface area contributed by atoms with E-state index in [1.807, 2.05) is 19.9 Å². The maximum atomic E-state index is 12.9. The van der Waals surface area contributed by atoms with E-state index >= 15 is 0 Å². The van der Waals surface area contributed by atoms with Gasteiger partial charge in [0, 0.05) is 0 Å². The molecule has 1 fully saturated rings. The second-order valence-corrected chi connectivity index (χ2v) is 6.70. The van der Waals surface area contributed by atoms with Gasteiger partial charge in [-0.1, -0.05) is 12.1 Å². The van der Waals surface area contributed by atoms with Crippen molar-refractivity contribution >= 4 is 17.6 Å². The van der Waals surface area contributed by atoms with Crippen LogP contribution in [-0.4, -0.2) is 49.1 Å². The standard InChI is InChI=1S/C19H28N2O3/c1-5-21(12-7-6-8-13-21)15(3)18(22)20-17-14(2)10-9-11-16(17)19(23)24-4/h9-11,15H,5-8,12-13H2,1-4H3/p+1. The van der Waals surface area contributed by atoms with Gasteiger partial charge in [0.05, 0.1) is 38.0 Å². The number of benzene rings is 1. The second-order valence-electron chi connectivity index (χ2n) is 6.70. The quantitative estimate of drug-likeness (QED) is 0.665. The Labute approximate surface area is 144 Å². The van der Waals surface area contributed by atoms with Crippen LogP contribution in [0.4, 0.5) is 5.69 Å². The van der Waals surface area contributed by atoms with Gasteiger partial charge in [-0.2, -0.15) is 0 Å². The molecule has 132 valence electrons. The highest BCUT2D eigenvalue weighted by atomic mass is 16.5. The number of methoxy groups -OCH3 is 1. The zero-order valence-electron chi connectivity index (χ0n) is 15.2. The van der Waals surface area contributed by atoms with Gasteiger partial charge in [-0.25, -0.2) is 4.79 Å². The van der Waals surface area contributed by atoms with Crippen molar-refractivity contribution in [2.75, 3.05) is 32.1 Å². The molecule has 1 atom stereocenters. The van der Waals surface area contributed by atoms with Crippen LogP contribution in [0.25, 0.3) is 0 Å². The number of piperidine rings is 1. The first-order chi connectivity index (χ1) is 11.4. The number of amides is 1. The summed E-state index contributed by atoms with van der Waals surface area (Å²) < 4.78 is 5.66. The van der Waals surface area contributed by atoms with E-state index < -0.39 is 5.97 Å². The highest BCUT2D eigenvalue weighted by molar-refractivity contribution is 6.03. The minimum absolute atomic E-state index is 0.0294. The fraction of sp³-hybridized carbons (Fsp3) is 0.579. The first-order valence-electron chi connectivity index (χ1n) is 8.79. The predicted molar refractivity (Wildman–Crippen MR) is 95.0 cm³/mol. The Morgan fingerprint density at radius 2 is 1.92 bits per heavy atom. The van der Waals surface area contributed by atoms with Gasteiger partial charge in [-0.05, 0) is 51.7 Å². The van der Waals surface area contributed by atoms with Crippen LogP contribution in [-0.2, 0) is 9.53 Å². The van der Waals surface area contributed by atoms with Crippen molar-refractivity contribution in [3.05, 3.63) is 29.3 Å². The number of nitrogens with zero attached hydrogens (tertiary/aromatic N) is 1. The molecule has 1 amide bonds. The number of hydrogen-bond donors (Lipinski definition) is 1. The molecular formula is C19H29N2O3+. The third-order valence-corrected chi connectivity index (χ3v) is 5.46. The summed E-state index contributed by atoms with van der Waals surface area (Å²) in [6, 6.07) is 5.23. The number of likely N-dealkylation sites (tertiary alicyclic amines) is 1. The van der Waals surface area contributed by atoms with Crippen molar-refractivity contribution < 1.29 is 18.8 Å². The molecule has 5 heteroatoms. The molecule has 0 bridgehead atoms. The lowest BCUT2D eigenvalue weighted by molar-refractivity contribution is -0.943. The van der Waals surface area contributed by atoms with Crippen LogP contribution >= 0.6 is 0 Å². The van der Waals surface area contributed by atoms with Crippen molar-refractivity contribution in [2.45, 2.75) is 46.1 Å². The molecule has 1 aliphatic rings. The summed E-state index contributed by atoms with van der Waals surface area (Å²) in [6.45, 7) is 9.08. The van der Waals surface area contributed by atoms with Crippen LogP contribution in [0.3, 0.4) is 0 Å². The van der Waals surface area contributed by atoms with E-state index in [1.54, 1.807) is 12.1 Å². The molecule has 1 saturated heterocycles. The molecule has 1 unspecified atom stereocenters. The third-order valence-electron chi connectivity index (χ3n) is 5.46. The minimum Gasteiger partial charge on any atom is -0.465 e. The van der Waals surface area contributed by atoms with Gasteiger partial charge in [-0.3, -0.25) is 4.79 Å². The molecule has 0 saturated carbocycles. The maximum Gasteiger partial charge on any atom is 0.339 e. The molecule has 24 heavy (non-hydrogen) atoms. The van der Waals surface area contributed by atoms with Crippen LogP contribution in [0.5, 0.6) is 0 Å². The molecule has 0 aromatic heterocycles. The Hall–Kier alpha value is -1.88. The molecule has 5 nitrogen and oxygen atoms in total. The second kappa shape index (κ2) is 7.79. The van der Waals surface area contributed by atoms with Gasteiger partial charge in [-0.15, -0.1) is 0 Å². The third kappa shape index (κ3) is 3.61. The van der Waals surface area contributed by atoms with Crippen molar-refractivity contribution in [3.8, 4) is 0 Å². The van der Waals surface area contributed by atoms with E-state index in [1.165, 1.54) is 26.4 Å². The van der Waals surface area contributed by atoms with Gasteiger partial charge < -0.3 is 14.5 Å². The largest absolute Gasteiger partial charge is 0.465 e. The number of esters is 1. The molecule has 0 radical (unpaired) electrons. The lowest BCUT2D eigenvalue weighted by Gasteiger charge is -2.44. The Balaban J connectivity index is 2.24. The van der Waals surface area contributed by atoms with Crippen molar-refractivity contribution in [2.24, 2.45) is 0 Å². The average Bonchev–Trinajstić information content (AvgIpc) is 2.62.